The van der Waals surface area contributed by atoms with Gasteiger partial charge in [-0.25, -0.2) is 4.98 Å². The van der Waals surface area contributed by atoms with Crippen LogP contribution in [0, 0.1) is 0 Å². The van der Waals surface area contributed by atoms with E-state index in [9.17, 15) is 18.0 Å². The van der Waals surface area contributed by atoms with Gasteiger partial charge < -0.3 is 9.42 Å². The van der Waals surface area contributed by atoms with E-state index in [1.165, 1.54) is 0 Å². The zero-order chi connectivity index (χ0) is 22.3. The summed E-state index contributed by atoms with van der Waals surface area (Å²) in [5.74, 6) is -0.765. The molecule has 0 unspecified atom stereocenters. The van der Waals surface area contributed by atoms with E-state index in [1.54, 1.807) is 11.0 Å². The smallest absolute Gasteiger partial charge is 0.350 e. The van der Waals surface area contributed by atoms with Crippen molar-refractivity contribution >= 4 is 11.7 Å². The van der Waals surface area contributed by atoms with Crippen molar-refractivity contribution in [2.45, 2.75) is 24.9 Å². The van der Waals surface area contributed by atoms with Crippen molar-refractivity contribution < 1.29 is 22.5 Å². The van der Waals surface area contributed by atoms with Crippen LogP contribution in [0.1, 0.15) is 40.7 Å². The quantitative estimate of drug-likeness (QED) is 0.479. The first-order chi connectivity index (χ1) is 15.4. The first-order valence-corrected chi connectivity index (χ1v) is 9.99. The Morgan fingerprint density at radius 2 is 1.97 bits per heavy atom. The molecule has 11 heteroatoms. The number of rotatable bonds is 3. The van der Waals surface area contributed by atoms with Crippen LogP contribution in [0.3, 0.4) is 0 Å². The minimum Gasteiger partial charge on any atom is -0.350 e. The van der Waals surface area contributed by atoms with Crippen LogP contribution in [0.4, 0.5) is 13.2 Å². The summed E-state index contributed by atoms with van der Waals surface area (Å²) < 4.78 is 46.5. The van der Waals surface area contributed by atoms with Crippen LogP contribution < -0.4 is 0 Å². The lowest BCUT2D eigenvalue weighted by molar-refractivity contribution is -0.142. The topological polar surface area (TPSA) is 89.4 Å². The summed E-state index contributed by atoms with van der Waals surface area (Å²) in [6.07, 6.45) is -2.35. The number of aromatic nitrogens is 5. The summed E-state index contributed by atoms with van der Waals surface area (Å²) in [4.78, 5) is 22.6. The molecule has 32 heavy (non-hydrogen) atoms. The molecule has 4 heterocycles. The van der Waals surface area contributed by atoms with Crippen LogP contribution in [0.25, 0.3) is 17.0 Å². The lowest BCUT2D eigenvalue weighted by atomic mass is 9.94. The second kappa shape index (κ2) is 7.74. The number of alkyl halides is 3. The molecule has 4 aromatic rings. The average molecular weight is 442 g/mol. The van der Waals surface area contributed by atoms with Gasteiger partial charge in [0.2, 0.25) is 5.76 Å². The minimum absolute atomic E-state index is 0.0846. The van der Waals surface area contributed by atoms with Gasteiger partial charge in [-0.2, -0.15) is 27.8 Å². The van der Waals surface area contributed by atoms with Crippen LogP contribution in [-0.4, -0.2) is 48.6 Å². The highest BCUT2D eigenvalue weighted by Gasteiger charge is 2.37. The van der Waals surface area contributed by atoms with Gasteiger partial charge in [0, 0.05) is 30.6 Å². The van der Waals surface area contributed by atoms with Gasteiger partial charge in [-0.05, 0) is 18.9 Å². The van der Waals surface area contributed by atoms with Gasteiger partial charge in [0.15, 0.2) is 5.69 Å². The molecule has 0 aliphatic carbocycles. The van der Waals surface area contributed by atoms with Crippen LogP contribution in [0.5, 0.6) is 0 Å². The van der Waals surface area contributed by atoms with Crippen molar-refractivity contribution in [2.75, 3.05) is 13.1 Å². The fraction of sp³-hybridized carbons (Fsp3) is 0.286. The summed E-state index contributed by atoms with van der Waals surface area (Å²) in [6, 6.07) is 11.9. The third-order valence-corrected chi connectivity index (χ3v) is 5.48. The Balaban J connectivity index is 1.39. The molecule has 0 saturated carbocycles. The Hall–Kier alpha value is -3.76. The molecule has 1 amide bonds. The molecular weight excluding hydrogens is 425 g/mol. The molecular formula is C21H17F3N6O2. The molecule has 0 bridgehead atoms. The average Bonchev–Trinajstić information content (AvgIpc) is 3.48. The van der Waals surface area contributed by atoms with Gasteiger partial charge in [0.25, 0.3) is 11.7 Å². The summed E-state index contributed by atoms with van der Waals surface area (Å²) >= 11 is 0. The SMILES string of the molecule is O=C(c1cc(-c2ccccc2)no1)N1CCC[C@@H](c2cc(C(F)(F)F)n3ncnc3n2)C1. The third kappa shape index (κ3) is 3.70. The van der Waals surface area contributed by atoms with Crippen molar-refractivity contribution in [3.05, 3.63) is 65.9 Å². The minimum atomic E-state index is -4.61. The predicted octanol–water partition coefficient (Wildman–Crippen LogP) is 3.82. The largest absolute Gasteiger partial charge is 0.433 e. The van der Waals surface area contributed by atoms with Gasteiger partial charge in [-0.3, -0.25) is 4.79 Å². The molecule has 0 N–H and O–H groups in total. The maximum Gasteiger partial charge on any atom is 0.433 e. The van der Waals surface area contributed by atoms with Gasteiger partial charge in [0.05, 0.1) is 5.69 Å². The molecule has 3 aromatic heterocycles. The molecule has 1 fully saturated rings. The maximum absolute atomic E-state index is 13.5. The summed E-state index contributed by atoms with van der Waals surface area (Å²) in [7, 11) is 0. The molecule has 8 nitrogen and oxygen atoms in total. The van der Waals surface area contributed by atoms with Crippen molar-refractivity contribution in [3.8, 4) is 11.3 Å². The molecule has 1 aromatic carbocycles. The third-order valence-electron chi connectivity index (χ3n) is 5.48. The standard InChI is InChI=1S/C21H17F3N6O2/c22-21(23,24)18-10-15(27-20-25-12-26-30(18)20)14-7-4-8-29(11-14)19(31)17-9-16(28-32-17)13-5-2-1-3-6-13/h1-3,5-6,9-10,12,14H,4,7-8,11H2/t14-/m1/s1. The molecule has 1 saturated heterocycles. The molecule has 0 spiro atoms. The van der Waals surface area contributed by atoms with E-state index in [1.807, 2.05) is 30.3 Å². The Morgan fingerprint density at radius 1 is 1.16 bits per heavy atom. The molecule has 1 aliphatic rings. The van der Waals surface area contributed by atoms with Crippen LogP contribution in [0.2, 0.25) is 0 Å². The van der Waals surface area contributed by atoms with Crippen LogP contribution in [0.15, 0.2) is 53.3 Å². The first-order valence-electron chi connectivity index (χ1n) is 9.99. The first kappa shape index (κ1) is 20.2. The maximum atomic E-state index is 13.5. The highest BCUT2D eigenvalue weighted by molar-refractivity contribution is 5.92. The van der Waals surface area contributed by atoms with Gasteiger partial charge in [0.1, 0.15) is 12.0 Å². The number of halogens is 3. The van der Waals surface area contributed by atoms with Crippen LogP contribution >= 0.6 is 0 Å². The Morgan fingerprint density at radius 3 is 2.75 bits per heavy atom. The molecule has 5 rings (SSSR count). The second-order valence-electron chi connectivity index (χ2n) is 7.57. The normalized spacial score (nSPS) is 17.1. The van der Waals surface area contributed by atoms with Crippen molar-refractivity contribution in [1.29, 1.82) is 0 Å². The molecule has 1 atom stereocenters. The fourth-order valence-corrected chi connectivity index (χ4v) is 3.92. The summed E-state index contributed by atoms with van der Waals surface area (Å²) in [6.45, 7) is 0.685. The second-order valence-corrected chi connectivity index (χ2v) is 7.57. The zero-order valence-corrected chi connectivity index (χ0v) is 16.7. The summed E-state index contributed by atoms with van der Waals surface area (Å²) in [5, 5.41) is 7.59. The number of nitrogens with zero attached hydrogens (tertiary/aromatic N) is 6. The highest BCUT2D eigenvalue weighted by atomic mass is 19.4. The number of benzene rings is 1. The molecule has 0 radical (unpaired) electrons. The number of piperidine rings is 1. The zero-order valence-electron chi connectivity index (χ0n) is 16.7. The predicted molar refractivity (Wildman–Crippen MR) is 106 cm³/mol. The monoisotopic (exact) mass is 442 g/mol. The van der Waals surface area contributed by atoms with Gasteiger partial charge in [-0.1, -0.05) is 35.5 Å². The van der Waals surface area contributed by atoms with E-state index in [0.29, 0.717) is 29.6 Å². The number of fused-ring (bicyclic) bond motifs is 1. The van der Waals surface area contributed by atoms with E-state index in [0.717, 1.165) is 18.0 Å². The lowest BCUT2D eigenvalue weighted by Crippen LogP contribution is -2.39. The number of carbonyl (C=O) groups is 1. The van der Waals surface area contributed by atoms with Gasteiger partial charge >= 0.3 is 6.18 Å². The number of hydrogen-bond donors (Lipinski definition) is 0. The van der Waals surface area contributed by atoms with Crippen LogP contribution in [-0.2, 0) is 6.18 Å². The number of likely N-dealkylation sites (tertiary alicyclic amines) is 1. The Labute approximate surface area is 179 Å². The number of hydrogen-bond acceptors (Lipinski definition) is 6. The van der Waals surface area contributed by atoms with E-state index >= 15 is 0 Å². The Kier molecular flexibility index (Phi) is 4.87. The Bertz CT molecular complexity index is 1270. The lowest BCUT2D eigenvalue weighted by Gasteiger charge is -2.32. The van der Waals surface area contributed by atoms with E-state index in [4.69, 9.17) is 4.52 Å². The van der Waals surface area contributed by atoms with Gasteiger partial charge in [-0.15, -0.1) is 0 Å². The molecule has 1 aliphatic heterocycles. The molecule has 164 valence electrons. The van der Waals surface area contributed by atoms with Crippen molar-refractivity contribution in [1.82, 2.24) is 29.6 Å². The van der Waals surface area contributed by atoms with E-state index < -0.39 is 11.9 Å². The van der Waals surface area contributed by atoms with Crippen molar-refractivity contribution in [3.63, 3.8) is 0 Å². The van der Waals surface area contributed by atoms with Crippen molar-refractivity contribution in [2.24, 2.45) is 0 Å². The van der Waals surface area contributed by atoms with E-state index in [-0.39, 0.29) is 35.6 Å². The van der Waals surface area contributed by atoms with E-state index in [2.05, 4.69) is 20.2 Å². The summed E-state index contributed by atoms with van der Waals surface area (Å²) in [5.41, 5.74) is 0.646. The number of amides is 1. The number of carbonyl (C=O) groups excluding carboxylic acids is 1. The highest BCUT2D eigenvalue weighted by Crippen LogP contribution is 2.33. The fourth-order valence-electron chi connectivity index (χ4n) is 3.92.